The van der Waals surface area contributed by atoms with Crippen LogP contribution in [0.1, 0.15) is 18.5 Å². The van der Waals surface area contributed by atoms with Crippen molar-refractivity contribution in [3.05, 3.63) is 24.0 Å². The maximum absolute atomic E-state index is 8.85. The van der Waals surface area contributed by atoms with E-state index in [4.69, 9.17) is 10.00 Å². The van der Waals surface area contributed by atoms with Gasteiger partial charge >= 0.3 is 0 Å². The Morgan fingerprint density at radius 1 is 1.53 bits per heavy atom. The Morgan fingerprint density at radius 2 is 2.32 bits per heavy atom. The highest BCUT2D eigenvalue weighted by molar-refractivity contribution is 5.46. The summed E-state index contributed by atoms with van der Waals surface area (Å²) in [7, 11) is 1.75. The van der Waals surface area contributed by atoms with E-state index < -0.39 is 0 Å². The van der Waals surface area contributed by atoms with E-state index in [1.165, 1.54) is 0 Å². The van der Waals surface area contributed by atoms with Gasteiger partial charge in [-0.05, 0) is 38.1 Å². The van der Waals surface area contributed by atoms with Crippen LogP contribution in [0.15, 0.2) is 18.3 Å². The van der Waals surface area contributed by atoms with Gasteiger partial charge in [0, 0.05) is 31.0 Å². The molecule has 0 aliphatic carbocycles. The van der Waals surface area contributed by atoms with Gasteiger partial charge in [0.05, 0.1) is 6.61 Å². The van der Waals surface area contributed by atoms with Crippen LogP contribution in [0.3, 0.4) is 0 Å². The smallest absolute Gasteiger partial charge is 0.142 e. The third kappa shape index (κ3) is 3.66. The van der Waals surface area contributed by atoms with Crippen LogP contribution in [-0.2, 0) is 4.74 Å². The van der Waals surface area contributed by atoms with E-state index in [1.54, 1.807) is 19.4 Å². The molecule has 0 radical (unpaired) electrons. The van der Waals surface area contributed by atoms with E-state index in [1.807, 2.05) is 6.07 Å². The van der Waals surface area contributed by atoms with E-state index in [9.17, 15) is 0 Å². The first-order valence-electron chi connectivity index (χ1n) is 6.58. The second kappa shape index (κ2) is 6.50. The number of piperidine rings is 1. The van der Waals surface area contributed by atoms with Crippen LogP contribution >= 0.6 is 0 Å². The van der Waals surface area contributed by atoms with Crippen LogP contribution < -0.4 is 10.6 Å². The first kappa shape index (κ1) is 13.8. The van der Waals surface area contributed by atoms with E-state index in [0.29, 0.717) is 5.69 Å². The highest BCUT2D eigenvalue weighted by Crippen LogP contribution is 2.29. The SMILES string of the molecule is COCC1(CNc2ccnc(C#N)c2)CCNCC1. The summed E-state index contributed by atoms with van der Waals surface area (Å²) < 4.78 is 5.39. The Morgan fingerprint density at radius 3 is 3.00 bits per heavy atom. The number of ether oxygens (including phenoxy) is 1. The number of methoxy groups -OCH3 is 1. The van der Waals surface area contributed by atoms with Crippen molar-refractivity contribution in [3.63, 3.8) is 0 Å². The summed E-state index contributed by atoms with van der Waals surface area (Å²) in [5.74, 6) is 0. The number of anilines is 1. The van der Waals surface area contributed by atoms with Crippen LogP contribution in [0.25, 0.3) is 0 Å². The number of hydrogen-bond donors (Lipinski definition) is 2. The van der Waals surface area contributed by atoms with Gasteiger partial charge in [-0.25, -0.2) is 4.98 Å². The van der Waals surface area contributed by atoms with Crippen molar-refractivity contribution in [1.82, 2.24) is 10.3 Å². The molecule has 102 valence electrons. The molecule has 0 spiro atoms. The number of rotatable bonds is 5. The van der Waals surface area contributed by atoms with Gasteiger partial charge in [-0.1, -0.05) is 0 Å². The summed E-state index contributed by atoms with van der Waals surface area (Å²) in [4.78, 5) is 3.97. The topological polar surface area (TPSA) is 70.0 Å². The Bertz CT molecular complexity index is 443. The van der Waals surface area contributed by atoms with Crippen molar-refractivity contribution in [2.24, 2.45) is 5.41 Å². The highest BCUT2D eigenvalue weighted by atomic mass is 16.5. The number of nitriles is 1. The van der Waals surface area contributed by atoms with Crippen LogP contribution in [0.4, 0.5) is 5.69 Å². The fraction of sp³-hybridized carbons (Fsp3) is 0.571. The van der Waals surface area contributed by atoms with Gasteiger partial charge in [0.1, 0.15) is 11.8 Å². The standard InChI is InChI=1S/C14H20N4O/c1-19-11-14(3-6-16-7-4-14)10-18-12-2-5-17-13(8-12)9-15/h2,5,8,16H,3-4,6-7,10-11H2,1H3,(H,17,18). The predicted octanol–water partition coefficient (Wildman–Crippen LogP) is 1.38. The largest absolute Gasteiger partial charge is 0.384 e. The number of nitrogens with zero attached hydrogens (tertiary/aromatic N) is 2. The number of aromatic nitrogens is 1. The van der Waals surface area contributed by atoms with E-state index >= 15 is 0 Å². The minimum Gasteiger partial charge on any atom is -0.384 e. The molecular formula is C14H20N4O. The van der Waals surface area contributed by atoms with E-state index in [-0.39, 0.29) is 5.41 Å². The highest BCUT2D eigenvalue weighted by Gasteiger charge is 2.31. The lowest BCUT2D eigenvalue weighted by Gasteiger charge is -2.37. The van der Waals surface area contributed by atoms with Crippen LogP contribution in [0, 0.1) is 16.7 Å². The molecule has 1 aliphatic heterocycles. The van der Waals surface area contributed by atoms with Gasteiger partial charge in [-0.15, -0.1) is 0 Å². The first-order valence-corrected chi connectivity index (χ1v) is 6.58. The normalized spacial score (nSPS) is 17.7. The molecule has 1 saturated heterocycles. The zero-order chi connectivity index (χ0) is 13.6. The van der Waals surface area contributed by atoms with Crippen molar-refractivity contribution >= 4 is 5.69 Å². The maximum atomic E-state index is 8.85. The summed E-state index contributed by atoms with van der Waals surface area (Å²) >= 11 is 0. The van der Waals surface area contributed by atoms with Gasteiger partial charge in [-0.2, -0.15) is 5.26 Å². The van der Waals surface area contributed by atoms with E-state index in [0.717, 1.165) is 44.8 Å². The lowest BCUT2D eigenvalue weighted by Crippen LogP contribution is -2.44. The zero-order valence-corrected chi connectivity index (χ0v) is 11.3. The monoisotopic (exact) mass is 260 g/mol. The fourth-order valence-electron chi connectivity index (χ4n) is 2.53. The molecule has 0 amide bonds. The summed E-state index contributed by atoms with van der Waals surface area (Å²) in [5, 5.41) is 15.6. The Kier molecular flexibility index (Phi) is 4.72. The predicted molar refractivity (Wildman–Crippen MR) is 73.9 cm³/mol. The molecule has 2 N–H and O–H groups in total. The first-order chi connectivity index (χ1) is 9.28. The number of nitrogens with one attached hydrogen (secondary N) is 2. The Balaban J connectivity index is 2.00. The molecule has 1 aliphatic rings. The third-order valence-corrected chi connectivity index (χ3v) is 3.66. The molecular weight excluding hydrogens is 240 g/mol. The molecule has 0 bridgehead atoms. The van der Waals surface area contributed by atoms with Gasteiger partial charge in [-0.3, -0.25) is 0 Å². The second-order valence-electron chi connectivity index (χ2n) is 5.08. The average Bonchev–Trinajstić information content (AvgIpc) is 2.47. The summed E-state index contributed by atoms with van der Waals surface area (Å²) in [6.45, 7) is 3.69. The molecule has 1 fully saturated rings. The lowest BCUT2D eigenvalue weighted by atomic mass is 9.79. The minimum absolute atomic E-state index is 0.177. The third-order valence-electron chi connectivity index (χ3n) is 3.66. The van der Waals surface area contributed by atoms with Gasteiger partial charge in [0.25, 0.3) is 0 Å². The maximum Gasteiger partial charge on any atom is 0.142 e. The van der Waals surface area contributed by atoms with Crippen LogP contribution in [-0.4, -0.2) is 38.3 Å². The summed E-state index contributed by atoms with van der Waals surface area (Å²) in [6.07, 6.45) is 3.86. The van der Waals surface area contributed by atoms with Gasteiger partial charge in [0.15, 0.2) is 0 Å². The Hall–Kier alpha value is -1.64. The Labute approximate surface area is 114 Å². The summed E-state index contributed by atoms with van der Waals surface area (Å²) in [6, 6.07) is 5.72. The molecule has 5 nitrogen and oxygen atoms in total. The molecule has 0 atom stereocenters. The molecule has 2 rings (SSSR count). The molecule has 19 heavy (non-hydrogen) atoms. The molecule has 0 saturated carbocycles. The van der Waals surface area contributed by atoms with Gasteiger partial charge < -0.3 is 15.4 Å². The van der Waals surface area contributed by atoms with Crippen molar-refractivity contribution in [3.8, 4) is 6.07 Å². The number of hydrogen-bond acceptors (Lipinski definition) is 5. The van der Waals surface area contributed by atoms with E-state index in [2.05, 4.69) is 21.7 Å². The van der Waals surface area contributed by atoms with Gasteiger partial charge in [0.2, 0.25) is 0 Å². The number of pyridine rings is 1. The molecule has 0 unspecified atom stereocenters. The second-order valence-corrected chi connectivity index (χ2v) is 5.08. The van der Waals surface area contributed by atoms with Crippen molar-refractivity contribution in [2.45, 2.75) is 12.8 Å². The van der Waals surface area contributed by atoms with Crippen molar-refractivity contribution in [2.75, 3.05) is 38.7 Å². The molecule has 0 aromatic carbocycles. The van der Waals surface area contributed by atoms with Crippen molar-refractivity contribution in [1.29, 1.82) is 5.26 Å². The molecule has 1 aromatic heterocycles. The van der Waals surface area contributed by atoms with Crippen molar-refractivity contribution < 1.29 is 4.74 Å². The zero-order valence-electron chi connectivity index (χ0n) is 11.3. The molecule has 1 aromatic rings. The van der Waals surface area contributed by atoms with Crippen LogP contribution in [0.2, 0.25) is 0 Å². The average molecular weight is 260 g/mol. The lowest BCUT2D eigenvalue weighted by molar-refractivity contribution is 0.0636. The molecule has 2 heterocycles. The fourth-order valence-corrected chi connectivity index (χ4v) is 2.53. The summed E-state index contributed by atoms with van der Waals surface area (Å²) in [5.41, 5.74) is 1.56. The van der Waals surface area contributed by atoms with Crippen LogP contribution in [0.5, 0.6) is 0 Å². The molecule has 5 heteroatoms. The minimum atomic E-state index is 0.177. The quantitative estimate of drug-likeness (QED) is 0.837.